The van der Waals surface area contributed by atoms with Gasteiger partial charge in [-0.2, -0.15) is 9.50 Å². The van der Waals surface area contributed by atoms with Crippen LogP contribution < -0.4 is 5.32 Å². The van der Waals surface area contributed by atoms with Gasteiger partial charge in [0.25, 0.3) is 5.78 Å². The number of nitrogens with one attached hydrogen (secondary N) is 1. The third-order valence-corrected chi connectivity index (χ3v) is 4.48. The van der Waals surface area contributed by atoms with Gasteiger partial charge in [-0.1, -0.05) is 0 Å². The molecule has 7 nitrogen and oxygen atoms in total. The van der Waals surface area contributed by atoms with Gasteiger partial charge in [0.15, 0.2) is 0 Å². The maximum atomic E-state index is 13.7. The first-order chi connectivity index (χ1) is 12.6. The summed E-state index contributed by atoms with van der Waals surface area (Å²) in [6.07, 6.45) is 3.78. The molecule has 26 heavy (non-hydrogen) atoms. The number of hydrogen-bond acceptors (Lipinski definition) is 6. The van der Waals surface area contributed by atoms with E-state index in [9.17, 15) is 8.78 Å². The zero-order valence-corrected chi connectivity index (χ0v) is 14.2. The van der Waals surface area contributed by atoms with Gasteiger partial charge in [-0.3, -0.25) is 4.98 Å². The molecule has 3 aromatic heterocycles. The van der Waals surface area contributed by atoms with Crippen molar-refractivity contribution in [3.05, 3.63) is 47.0 Å². The fourth-order valence-corrected chi connectivity index (χ4v) is 3.15. The minimum Gasteiger partial charge on any atom is -0.381 e. The van der Waals surface area contributed by atoms with Crippen LogP contribution in [0.3, 0.4) is 0 Å². The normalized spacial score (nSPS) is 15.5. The van der Waals surface area contributed by atoms with Gasteiger partial charge in [0, 0.05) is 36.9 Å². The number of aromatic nitrogens is 5. The number of fused-ring (bicyclic) bond motifs is 1. The first-order valence-electron chi connectivity index (χ1n) is 8.45. The number of ether oxygens (including phenoxy) is 1. The number of hydrogen-bond donors (Lipinski definition) is 1. The van der Waals surface area contributed by atoms with E-state index in [1.165, 1.54) is 0 Å². The quantitative estimate of drug-likeness (QED) is 0.771. The minimum absolute atomic E-state index is 0.0807. The highest BCUT2D eigenvalue weighted by atomic mass is 19.1. The Morgan fingerprint density at radius 3 is 2.65 bits per heavy atom. The highest BCUT2D eigenvalue weighted by Crippen LogP contribution is 2.27. The van der Waals surface area contributed by atoms with E-state index in [0.717, 1.165) is 36.6 Å². The van der Waals surface area contributed by atoms with Gasteiger partial charge >= 0.3 is 0 Å². The van der Waals surface area contributed by atoms with Gasteiger partial charge in [0.05, 0.1) is 18.1 Å². The molecular weight excluding hydrogens is 342 g/mol. The van der Waals surface area contributed by atoms with Gasteiger partial charge in [0.1, 0.15) is 11.6 Å². The lowest BCUT2D eigenvalue weighted by Crippen LogP contribution is -2.17. The predicted molar refractivity (Wildman–Crippen MR) is 89.8 cm³/mol. The molecule has 1 N–H and O–H groups in total. The van der Waals surface area contributed by atoms with E-state index in [1.807, 2.05) is 13.0 Å². The predicted octanol–water partition coefficient (Wildman–Crippen LogP) is 2.61. The monoisotopic (exact) mass is 360 g/mol. The summed E-state index contributed by atoms with van der Waals surface area (Å²) in [5.74, 6) is -0.370. The van der Waals surface area contributed by atoms with Gasteiger partial charge < -0.3 is 10.1 Å². The minimum atomic E-state index is -0.710. The number of halogens is 2. The summed E-state index contributed by atoms with van der Waals surface area (Å²) < 4.78 is 34.5. The molecule has 3 aromatic rings. The number of anilines is 1. The van der Waals surface area contributed by atoms with Gasteiger partial charge in [-0.25, -0.2) is 13.8 Å². The molecule has 0 bridgehead atoms. The molecule has 0 unspecified atom stereocenters. The van der Waals surface area contributed by atoms with Crippen molar-refractivity contribution < 1.29 is 13.5 Å². The third kappa shape index (κ3) is 3.22. The molecule has 0 atom stereocenters. The molecule has 1 aliphatic rings. The molecule has 0 amide bonds. The Morgan fingerprint density at radius 1 is 1.19 bits per heavy atom. The van der Waals surface area contributed by atoms with Crippen molar-refractivity contribution in [2.75, 3.05) is 18.5 Å². The lowest BCUT2D eigenvalue weighted by Gasteiger charge is -2.22. The fourth-order valence-electron chi connectivity index (χ4n) is 3.15. The molecule has 0 aliphatic carbocycles. The number of nitrogens with zero attached hydrogens (tertiary/aromatic N) is 5. The SMILES string of the molecule is Cc1cc(C2CCOCC2)n2nc(NCc3c(F)cncc3F)nc2n1. The van der Waals surface area contributed by atoms with E-state index < -0.39 is 11.6 Å². The lowest BCUT2D eigenvalue weighted by molar-refractivity contribution is 0.0840. The summed E-state index contributed by atoms with van der Waals surface area (Å²) in [5, 5.41) is 7.30. The molecule has 0 saturated carbocycles. The number of pyridine rings is 1. The average Bonchev–Trinajstić information content (AvgIpc) is 3.04. The molecule has 0 spiro atoms. The Hall–Kier alpha value is -2.68. The highest BCUT2D eigenvalue weighted by molar-refractivity contribution is 5.40. The molecule has 136 valence electrons. The Morgan fingerprint density at radius 2 is 1.92 bits per heavy atom. The van der Waals surface area contributed by atoms with Crippen molar-refractivity contribution in [3.63, 3.8) is 0 Å². The summed E-state index contributed by atoms with van der Waals surface area (Å²) in [6.45, 7) is 3.26. The van der Waals surface area contributed by atoms with E-state index in [0.29, 0.717) is 24.9 Å². The number of aryl methyl sites for hydroxylation is 1. The summed E-state index contributed by atoms with van der Waals surface area (Å²) >= 11 is 0. The van der Waals surface area contributed by atoms with E-state index >= 15 is 0 Å². The van der Waals surface area contributed by atoms with Crippen LogP contribution in [0.1, 0.15) is 35.7 Å². The molecule has 0 aromatic carbocycles. The molecule has 0 radical (unpaired) electrons. The summed E-state index contributed by atoms with van der Waals surface area (Å²) in [4.78, 5) is 12.2. The van der Waals surface area contributed by atoms with E-state index in [1.54, 1.807) is 4.52 Å². The van der Waals surface area contributed by atoms with Crippen LogP contribution in [0, 0.1) is 18.6 Å². The molecule has 4 rings (SSSR count). The third-order valence-electron chi connectivity index (χ3n) is 4.48. The second-order valence-corrected chi connectivity index (χ2v) is 6.29. The topological polar surface area (TPSA) is 77.2 Å². The summed E-state index contributed by atoms with van der Waals surface area (Å²) in [7, 11) is 0. The maximum absolute atomic E-state index is 13.7. The van der Waals surface area contributed by atoms with E-state index in [-0.39, 0.29) is 18.1 Å². The highest BCUT2D eigenvalue weighted by Gasteiger charge is 2.21. The lowest BCUT2D eigenvalue weighted by atomic mass is 9.96. The summed E-state index contributed by atoms with van der Waals surface area (Å²) in [6, 6.07) is 2.00. The van der Waals surface area contributed by atoms with Crippen molar-refractivity contribution >= 4 is 11.7 Å². The van der Waals surface area contributed by atoms with Crippen molar-refractivity contribution in [3.8, 4) is 0 Å². The molecule has 1 saturated heterocycles. The molecular formula is C17H18F2N6O. The Bertz CT molecular complexity index is 918. The van der Waals surface area contributed by atoms with Gasteiger partial charge in [-0.05, 0) is 25.8 Å². The largest absolute Gasteiger partial charge is 0.381 e. The van der Waals surface area contributed by atoms with Crippen molar-refractivity contribution in [1.29, 1.82) is 0 Å². The maximum Gasteiger partial charge on any atom is 0.254 e. The zero-order chi connectivity index (χ0) is 18.1. The van der Waals surface area contributed by atoms with Gasteiger partial charge in [0.2, 0.25) is 5.95 Å². The van der Waals surface area contributed by atoms with Crippen molar-refractivity contribution in [2.45, 2.75) is 32.2 Å². The van der Waals surface area contributed by atoms with Crippen molar-refractivity contribution in [2.24, 2.45) is 0 Å². The summed E-state index contributed by atoms with van der Waals surface area (Å²) in [5.41, 5.74) is 1.77. The molecule has 1 fully saturated rings. The fraction of sp³-hybridized carbons (Fsp3) is 0.412. The number of rotatable bonds is 4. The second kappa shape index (κ2) is 6.91. The smallest absolute Gasteiger partial charge is 0.254 e. The van der Waals surface area contributed by atoms with E-state index in [2.05, 4.69) is 25.4 Å². The van der Waals surface area contributed by atoms with Crippen LogP contribution in [-0.4, -0.2) is 37.8 Å². The van der Waals surface area contributed by atoms with Crippen molar-refractivity contribution in [1.82, 2.24) is 24.6 Å². The van der Waals surface area contributed by atoms with Crippen LogP contribution in [0.4, 0.5) is 14.7 Å². The Labute approximate surface area is 148 Å². The Kier molecular flexibility index (Phi) is 4.46. The molecule has 1 aliphatic heterocycles. The standard InChI is InChI=1S/C17H18F2N6O/c1-10-6-15(11-2-4-26-5-3-11)25-17(22-10)23-16(24-25)21-7-12-13(18)8-20-9-14(12)19/h6,8-9,11H,2-5,7H2,1H3,(H,21,24). The first kappa shape index (κ1) is 16.8. The first-order valence-corrected chi connectivity index (χ1v) is 8.45. The molecule has 4 heterocycles. The van der Waals surface area contributed by atoms with Crippen LogP contribution >= 0.6 is 0 Å². The molecule has 9 heteroatoms. The van der Waals surface area contributed by atoms with Crippen LogP contribution in [0.2, 0.25) is 0 Å². The van der Waals surface area contributed by atoms with Crippen LogP contribution in [-0.2, 0) is 11.3 Å². The van der Waals surface area contributed by atoms with Gasteiger partial charge in [-0.15, -0.1) is 5.10 Å². The average molecular weight is 360 g/mol. The van der Waals surface area contributed by atoms with E-state index in [4.69, 9.17) is 4.74 Å². The van der Waals surface area contributed by atoms with Crippen LogP contribution in [0.15, 0.2) is 18.5 Å². The van der Waals surface area contributed by atoms with Crippen LogP contribution in [0.5, 0.6) is 0 Å². The second-order valence-electron chi connectivity index (χ2n) is 6.29. The van der Waals surface area contributed by atoms with Crippen LogP contribution in [0.25, 0.3) is 5.78 Å². The zero-order valence-electron chi connectivity index (χ0n) is 14.2. The Balaban J connectivity index is 1.63.